The molecule has 1 amide bonds. The van der Waals surface area contributed by atoms with Gasteiger partial charge in [0.15, 0.2) is 0 Å². The minimum Gasteiger partial charge on any atom is -0.320 e. The molecule has 0 saturated heterocycles. The number of hydrogen-bond acceptors (Lipinski definition) is 3. The summed E-state index contributed by atoms with van der Waals surface area (Å²) in [5.41, 5.74) is 7.79. The van der Waals surface area contributed by atoms with Crippen LogP contribution in [0.5, 0.6) is 0 Å². The number of nitrogens with one attached hydrogen (secondary N) is 1. The van der Waals surface area contributed by atoms with E-state index in [1.807, 2.05) is 19.9 Å². The molecule has 108 valence electrons. The average molecular weight is 319 g/mol. The van der Waals surface area contributed by atoms with Crippen LogP contribution in [0.2, 0.25) is 5.02 Å². The number of thiophene rings is 1. The third-order valence-electron chi connectivity index (χ3n) is 2.94. The Kier molecular flexibility index (Phi) is 5.03. The van der Waals surface area contributed by atoms with Crippen LogP contribution >= 0.6 is 22.9 Å². The first-order chi connectivity index (χ1) is 10.0. The minimum absolute atomic E-state index is 0.158. The highest BCUT2D eigenvalue weighted by Crippen LogP contribution is 2.24. The van der Waals surface area contributed by atoms with E-state index in [1.165, 1.54) is 11.3 Å². The van der Waals surface area contributed by atoms with Crippen LogP contribution in [0.4, 0.5) is 5.69 Å². The molecular formula is C16H15ClN2OS. The van der Waals surface area contributed by atoms with Crippen molar-refractivity contribution < 1.29 is 4.79 Å². The topological polar surface area (TPSA) is 55.1 Å². The summed E-state index contributed by atoms with van der Waals surface area (Å²) in [4.78, 5) is 14.1. The quantitative estimate of drug-likeness (QED) is 0.832. The summed E-state index contributed by atoms with van der Waals surface area (Å²) in [6, 6.07) is 7.07. The molecule has 1 aromatic heterocycles. The van der Waals surface area contributed by atoms with Gasteiger partial charge in [-0.25, -0.2) is 0 Å². The van der Waals surface area contributed by atoms with Gasteiger partial charge in [0, 0.05) is 15.5 Å². The third kappa shape index (κ3) is 3.85. The first kappa shape index (κ1) is 15.6. The molecule has 3 N–H and O–H groups in total. The Hall–Kier alpha value is -1.80. The molecule has 0 aliphatic rings. The molecule has 3 nitrogen and oxygen atoms in total. The van der Waals surface area contributed by atoms with Gasteiger partial charge >= 0.3 is 0 Å². The Morgan fingerprint density at radius 1 is 1.38 bits per heavy atom. The maximum Gasteiger partial charge on any atom is 0.265 e. The van der Waals surface area contributed by atoms with E-state index >= 15 is 0 Å². The Morgan fingerprint density at radius 2 is 2.14 bits per heavy atom. The largest absolute Gasteiger partial charge is 0.320 e. The fraction of sp³-hybridized carbons (Fsp3) is 0.188. The molecule has 2 rings (SSSR count). The van der Waals surface area contributed by atoms with E-state index in [0.717, 1.165) is 10.4 Å². The van der Waals surface area contributed by atoms with E-state index in [0.29, 0.717) is 21.2 Å². The number of aryl methyl sites for hydroxylation is 2. The number of amides is 1. The highest BCUT2D eigenvalue weighted by atomic mass is 35.5. The van der Waals surface area contributed by atoms with Crippen molar-refractivity contribution in [2.75, 3.05) is 11.9 Å². The van der Waals surface area contributed by atoms with Gasteiger partial charge in [0.2, 0.25) is 0 Å². The predicted molar refractivity (Wildman–Crippen MR) is 89.1 cm³/mol. The summed E-state index contributed by atoms with van der Waals surface area (Å²) in [6.45, 7) is 4.24. The number of nitrogens with two attached hydrogens (primary N) is 1. The van der Waals surface area contributed by atoms with E-state index in [-0.39, 0.29) is 12.5 Å². The molecule has 0 bridgehead atoms. The highest BCUT2D eigenvalue weighted by molar-refractivity contribution is 7.14. The van der Waals surface area contributed by atoms with Crippen molar-refractivity contribution in [3.8, 4) is 11.8 Å². The zero-order valence-corrected chi connectivity index (χ0v) is 13.4. The molecule has 0 spiro atoms. The monoisotopic (exact) mass is 318 g/mol. The molecule has 0 aliphatic heterocycles. The van der Waals surface area contributed by atoms with Crippen LogP contribution in [0.1, 0.15) is 25.7 Å². The molecule has 0 radical (unpaired) electrons. The van der Waals surface area contributed by atoms with E-state index in [9.17, 15) is 4.79 Å². The van der Waals surface area contributed by atoms with Crippen molar-refractivity contribution >= 4 is 34.5 Å². The van der Waals surface area contributed by atoms with Crippen molar-refractivity contribution in [3.05, 3.63) is 50.2 Å². The van der Waals surface area contributed by atoms with Crippen LogP contribution in [-0.4, -0.2) is 12.5 Å². The first-order valence-corrected chi connectivity index (χ1v) is 7.57. The molecule has 0 atom stereocenters. The standard InChI is InChI=1S/C16H15ClN2OS/c1-10-8-15(21-11(10)2)16(20)19-14-9-13(17)6-5-12(14)4-3-7-18/h5-6,8-9H,7,18H2,1-2H3,(H,19,20). The molecule has 2 aromatic rings. The minimum atomic E-state index is -0.158. The van der Waals surface area contributed by atoms with Gasteiger partial charge in [-0.3, -0.25) is 4.79 Å². The molecule has 1 aromatic carbocycles. The molecule has 0 saturated carbocycles. The van der Waals surface area contributed by atoms with Gasteiger partial charge in [-0.1, -0.05) is 23.4 Å². The van der Waals surface area contributed by atoms with Gasteiger partial charge in [-0.15, -0.1) is 11.3 Å². The van der Waals surface area contributed by atoms with Crippen molar-refractivity contribution in [2.24, 2.45) is 5.73 Å². The van der Waals surface area contributed by atoms with Crippen molar-refractivity contribution in [1.29, 1.82) is 0 Å². The fourth-order valence-electron chi connectivity index (χ4n) is 1.74. The lowest BCUT2D eigenvalue weighted by Crippen LogP contribution is -2.11. The predicted octanol–water partition coefficient (Wildman–Crippen LogP) is 3.58. The Labute approximate surface area is 133 Å². The molecule has 1 heterocycles. The Balaban J connectivity index is 2.29. The van der Waals surface area contributed by atoms with Gasteiger partial charge in [0.05, 0.1) is 17.1 Å². The fourth-order valence-corrected chi connectivity index (χ4v) is 2.85. The van der Waals surface area contributed by atoms with E-state index < -0.39 is 0 Å². The second-order valence-electron chi connectivity index (χ2n) is 4.50. The number of anilines is 1. The number of halogens is 1. The summed E-state index contributed by atoms with van der Waals surface area (Å²) >= 11 is 7.46. The van der Waals surface area contributed by atoms with Gasteiger partial charge in [0.1, 0.15) is 0 Å². The van der Waals surface area contributed by atoms with Crippen molar-refractivity contribution in [1.82, 2.24) is 0 Å². The second-order valence-corrected chi connectivity index (χ2v) is 6.19. The Bertz CT molecular complexity index is 721. The second kappa shape index (κ2) is 6.77. The number of benzene rings is 1. The molecule has 0 aliphatic carbocycles. The summed E-state index contributed by atoms with van der Waals surface area (Å²) in [5.74, 6) is 5.55. The molecule has 0 fully saturated rings. The SMILES string of the molecule is Cc1cc(C(=O)Nc2cc(Cl)ccc2C#CCN)sc1C. The van der Waals surface area contributed by atoms with Crippen LogP contribution in [0, 0.1) is 25.7 Å². The average Bonchev–Trinajstić information content (AvgIpc) is 2.78. The van der Waals surface area contributed by atoms with Gasteiger partial charge in [-0.2, -0.15) is 0 Å². The lowest BCUT2D eigenvalue weighted by molar-refractivity contribution is 0.103. The Morgan fingerprint density at radius 3 is 2.76 bits per heavy atom. The zero-order valence-electron chi connectivity index (χ0n) is 11.8. The molecular weight excluding hydrogens is 304 g/mol. The van der Waals surface area contributed by atoms with Gasteiger partial charge in [0.25, 0.3) is 5.91 Å². The van der Waals surface area contributed by atoms with Crippen LogP contribution in [0.25, 0.3) is 0 Å². The van der Waals surface area contributed by atoms with Crippen molar-refractivity contribution in [3.63, 3.8) is 0 Å². The van der Waals surface area contributed by atoms with E-state index in [1.54, 1.807) is 18.2 Å². The van der Waals surface area contributed by atoms with Gasteiger partial charge in [-0.05, 0) is 43.7 Å². The maximum atomic E-state index is 12.3. The number of carbonyl (C=O) groups excluding carboxylic acids is 1. The third-order valence-corrected chi connectivity index (χ3v) is 4.33. The number of rotatable bonds is 2. The number of hydrogen-bond donors (Lipinski definition) is 2. The summed E-state index contributed by atoms with van der Waals surface area (Å²) in [7, 11) is 0. The summed E-state index contributed by atoms with van der Waals surface area (Å²) in [5, 5.41) is 3.40. The van der Waals surface area contributed by atoms with Crippen LogP contribution in [0.3, 0.4) is 0 Å². The van der Waals surface area contributed by atoms with Crippen LogP contribution in [-0.2, 0) is 0 Å². The van der Waals surface area contributed by atoms with E-state index in [2.05, 4.69) is 17.2 Å². The van der Waals surface area contributed by atoms with Crippen LogP contribution in [0.15, 0.2) is 24.3 Å². The van der Waals surface area contributed by atoms with Crippen molar-refractivity contribution in [2.45, 2.75) is 13.8 Å². The molecule has 0 unspecified atom stereocenters. The van der Waals surface area contributed by atoms with Gasteiger partial charge < -0.3 is 11.1 Å². The maximum absolute atomic E-state index is 12.3. The lowest BCUT2D eigenvalue weighted by Gasteiger charge is -2.07. The normalized spacial score (nSPS) is 9.90. The zero-order chi connectivity index (χ0) is 15.4. The highest BCUT2D eigenvalue weighted by Gasteiger charge is 2.12. The molecule has 5 heteroatoms. The number of carbonyl (C=O) groups is 1. The lowest BCUT2D eigenvalue weighted by atomic mass is 10.1. The summed E-state index contributed by atoms with van der Waals surface area (Å²) in [6.07, 6.45) is 0. The molecule has 21 heavy (non-hydrogen) atoms. The van der Waals surface area contributed by atoms with E-state index in [4.69, 9.17) is 17.3 Å². The smallest absolute Gasteiger partial charge is 0.265 e. The van der Waals surface area contributed by atoms with Crippen LogP contribution < -0.4 is 11.1 Å². The summed E-state index contributed by atoms with van der Waals surface area (Å²) < 4.78 is 0. The first-order valence-electron chi connectivity index (χ1n) is 6.38.